The average molecular weight is 244 g/mol. The minimum atomic E-state index is -3.19. The van der Waals surface area contributed by atoms with Crippen LogP contribution in [0.4, 0.5) is 0 Å². The van der Waals surface area contributed by atoms with E-state index in [4.69, 9.17) is 5.73 Å². The van der Waals surface area contributed by atoms with Crippen LogP contribution in [0, 0.1) is 5.41 Å². The summed E-state index contributed by atoms with van der Waals surface area (Å²) >= 11 is 0. The summed E-state index contributed by atoms with van der Waals surface area (Å²) in [6.07, 6.45) is 1.40. The highest BCUT2D eigenvalue weighted by molar-refractivity contribution is 7.91. The summed E-state index contributed by atoms with van der Waals surface area (Å²) in [5, 5.41) is -0.655. The summed E-state index contributed by atoms with van der Waals surface area (Å²) in [5.74, 6) is -0.523. The van der Waals surface area contributed by atoms with Crippen LogP contribution in [-0.2, 0) is 19.4 Å². The van der Waals surface area contributed by atoms with Crippen LogP contribution in [0.5, 0.6) is 0 Å². The molecule has 0 bridgehead atoms. The minimum Gasteiger partial charge on any atom is -0.469 e. The van der Waals surface area contributed by atoms with Crippen molar-refractivity contribution >= 4 is 28.2 Å². The van der Waals surface area contributed by atoms with Gasteiger partial charge < -0.3 is 10.5 Å². The van der Waals surface area contributed by atoms with E-state index < -0.39 is 26.5 Å². The maximum absolute atomic E-state index is 11.2. The van der Waals surface area contributed by atoms with E-state index in [0.29, 0.717) is 0 Å². The van der Waals surface area contributed by atoms with Gasteiger partial charge in [-0.2, -0.15) is 0 Å². The van der Waals surface area contributed by atoms with E-state index in [-0.39, 0.29) is 25.4 Å². The first-order valence-corrected chi connectivity index (χ1v) is 5.81. The van der Waals surface area contributed by atoms with Crippen molar-refractivity contribution < 1.29 is 17.9 Å². The van der Waals surface area contributed by atoms with Gasteiger partial charge in [-0.15, -0.1) is 12.4 Å². The van der Waals surface area contributed by atoms with E-state index in [1.54, 1.807) is 0 Å². The topological polar surface area (TPSA) is 86.5 Å². The molecule has 14 heavy (non-hydrogen) atoms. The molecular weight excluding hydrogens is 230 g/mol. The van der Waals surface area contributed by atoms with Crippen LogP contribution in [0.1, 0.15) is 6.42 Å². The van der Waals surface area contributed by atoms with Crippen molar-refractivity contribution in [3.05, 3.63) is 0 Å². The molecule has 7 heteroatoms. The summed E-state index contributed by atoms with van der Waals surface area (Å²) in [5.41, 5.74) is 4.40. The monoisotopic (exact) mass is 243 g/mol. The van der Waals surface area contributed by atoms with Gasteiger partial charge >= 0.3 is 5.97 Å². The number of rotatable bonds is 3. The Hall–Kier alpha value is -0.330. The molecule has 2 N–H and O–H groups in total. The van der Waals surface area contributed by atoms with Crippen molar-refractivity contribution in [3.8, 4) is 0 Å². The molecule has 0 aliphatic heterocycles. The molecule has 1 aliphatic rings. The number of carbonyl (C=O) groups excluding carboxylic acids is 1. The van der Waals surface area contributed by atoms with Gasteiger partial charge in [0.05, 0.1) is 17.8 Å². The van der Waals surface area contributed by atoms with Crippen molar-refractivity contribution in [2.24, 2.45) is 11.1 Å². The third kappa shape index (κ3) is 2.02. The largest absolute Gasteiger partial charge is 0.469 e. The van der Waals surface area contributed by atoms with Crippen molar-refractivity contribution in [1.29, 1.82) is 0 Å². The maximum Gasteiger partial charge on any atom is 0.314 e. The second-order valence-corrected chi connectivity index (χ2v) is 5.60. The molecule has 0 saturated heterocycles. The molecule has 0 aromatic carbocycles. The number of carbonyl (C=O) groups is 1. The lowest BCUT2D eigenvalue weighted by molar-refractivity contribution is -0.146. The molecule has 0 amide bonds. The predicted molar refractivity (Wildman–Crippen MR) is 54.0 cm³/mol. The van der Waals surface area contributed by atoms with Crippen LogP contribution in [0.25, 0.3) is 0 Å². The highest BCUT2D eigenvalue weighted by Gasteiger charge is 2.65. The quantitative estimate of drug-likeness (QED) is 0.666. The van der Waals surface area contributed by atoms with E-state index >= 15 is 0 Å². The molecule has 1 rings (SSSR count). The zero-order valence-corrected chi connectivity index (χ0v) is 9.65. The first-order valence-electron chi connectivity index (χ1n) is 3.86. The second kappa shape index (κ2) is 4.04. The van der Waals surface area contributed by atoms with Crippen LogP contribution in [0.15, 0.2) is 0 Å². The predicted octanol–water partition coefficient (Wildman–Crippen LogP) is -0.657. The van der Waals surface area contributed by atoms with E-state index in [2.05, 4.69) is 4.74 Å². The fourth-order valence-corrected chi connectivity index (χ4v) is 3.16. The number of hydrogen-bond acceptors (Lipinski definition) is 5. The van der Waals surface area contributed by atoms with Crippen molar-refractivity contribution in [2.75, 3.05) is 19.9 Å². The van der Waals surface area contributed by atoms with Gasteiger partial charge in [-0.05, 0) is 6.42 Å². The van der Waals surface area contributed by atoms with Gasteiger partial charge in [0.1, 0.15) is 0 Å². The van der Waals surface area contributed by atoms with E-state index in [9.17, 15) is 13.2 Å². The zero-order valence-electron chi connectivity index (χ0n) is 8.02. The van der Waals surface area contributed by atoms with Gasteiger partial charge in [-0.25, -0.2) is 8.42 Å². The number of nitrogens with two attached hydrogens (primary N) is 1. The molecule has 1 aliphatic carbocycles. The maximum atomic E-state index is 11.2. The summed E-state index contributed by atoms with van der Waals surface area (Å²) in [6.45, 7) is 0.0252. The minimum absolute atomic E-state index is 0. The molecule has 1 saturated carbocycles. The Balaban J connectivity index is 0.00000169. The molecule has 0 aromatic rings. The Morgan fingerprint density at radius 3 is 2.36 bits per heavy atom. The molecular formula is C7H14ClNO4S. The van der Waals surface area contributed by atoms with Gasteiger partial charge in [0.15, 0.2) is 9.84 Å². The van der Waals surface area contributed by atoms with Crippen LogP contribution < -0.4 is 5.73 Å². The number of sulfone groups is 1. The fraction of sp³-hybridized carbons (Fsp3) is 0.857. The number of hydrogen-bond donors (Lipinski definition) is 1. The highest BCUT2D eigenvalue weighted by atomic mass is 35.5. The smallest absolute Gasteiger partial charge is 0.314 e. The lowest BCUT2D eigenvalue weighted by Crippen LogP contribution is -2.32. The first kappa shape index (κ1) is 13.7. The Kier molecular flexibility index (Phi) is 3.94. The average Bonchev–Trinajstić information content (AvgIpc) is 2.78. The number of methoxy groups -OCH3 is 1. The number of esters is 1. The lowest BCUT2D eigenvalue weighted by Gasteiger charge is -2.10. The van der Waals surface area contributed by atoms with E-state index in [1.807, 2.05) is 0 Å². The van der Waals surface area contributed by atoms with Gasteiger partial charge in [0, 0.05) is 12.8 Å². The van der Waals surface area contributed by atoms with Gasteiger partial charge in [-0.1, -0.05) is 0 Å². The van der Waals surface area contributed by atoms with Crippen LogP contribution >= 0.6 is 12.4 Å². The first-order chi connectivity index (χ1) is 5.88. The summed E-state index contributed by atoms with van der Waals surface area (Å²) < 4.78 is 26.8. The molecule has 0 heterocycles. The molecule has 84 valence electrons. The summed E-state index contributed by atoms with van der Waals surface area (Å²) in [7, 11) is -1.95. The van der Waals surface area contributed by atoms with Gasteiger partial charge in [0.2, 0.25) is 0 Å². The van der Waals surface area contributed by atoms with Gasteiger partial charge in [-0.3, -0.25) is 4.79 Å². The standard InChI is InChI=1S/C7H13NO4S.ClH/c1-12-6(9)7(4-8)3-5(7)13(2,10)11;/h5H,3-4,8H2,1-2H3;1H/t5-,7+;/m0./s1. The molecule has 0 spiro atoms. The van der Waals surface area contributed by atoms with E-state index in [0.717, 1.165) is 6.26 Å². The number of ether oxygens (including phenoxy) is 1. The zero-order chi connectivity index (χ0) is 10.3. The molecule has 0 aromatic heterocycles. The molecule has 0 unspecified atom stereocenters. The van der Waals surface area contributed by atoms with Crippen LogP contribution in [-0.4, -0.2) is 39.5 Å². The Labute approximate surface area is 89.3 Å². The lowest BCUT2D eigenvalue weighted by atomic mass is 10.1. The van der Waals surface area contributed by atoms with Crippen molar-refractivity contribution in [3.63, 3.8) is 0 Å². The van der Waals surface area contributed by atoms with Crippen molar-refractivity contribution in [1.82, 2.24) is 0 Å². The molecule has 2 atom stereocenters. The number of halogens is 1. The highest BCUT2D eigenvalue weighted by Crippen LogP contribution is 2.50. The SMILES string of the molecule is COC(=O)[C@@]1(CN)C[C@@H]1S(C)(=O)=O.Cl. The Morgan fingerprint density at radius 2 is 2.14 bits per heavy atom. The third-order valence-corrected chi connectivity index (χ3v) is 4.13. The summed E-state index contributed by atoms with van der Waals surface area (Å²) in [4.78, 5) is 11.2. The van der Waals surface area contributed by atoms with Crippen LogP contribution in [0.2, 0.25) is 0 Å². The van der Waals surface area contributed by atoms with Crippen molar-refractivity contribution in [2.45, 2.75) is 11.7 Å². The Bertz CT molecular complexity index is 329. The summed E-state index contributed by atoms with van der Waals surface area (Å²) in [6, 6.07) is 0. The molecule has 0 radical (unpaired) electrons. The van der Waals surface area contributed by atoms with Crippen LogP contribution in [0.3, 0.4) is 0 Å². The molecule has 1 fully saturated rings. The fourth-order valence-electron chi connectivity index (χ4n) is 1.55. The van der Waals surface area contributed by atoms with E-state index in [1.165, 1.54) is 7.11 Å². The Morgan fingerprint density at radius 1 is 1.64 bits per heavy atom. The third-order valence-electron chi connectivity index (χ3n) is 2.48. The molecule has 5 nitrogen and oxygen atoms in total. The second-order valence-electron chi connectivity index (χ2n) is 3.37. The normalized spacial score (nSPS) is 30.4. The van der Waals surface area contributed by atoms with Gasteiger partial charge in [0.25, 0.3) is 0 Å².